The van der Waals surface area contributed by atoms with Crippen molar-refractivity contribution in [1.82, 2.24) is 4.98 Å². The Balaban J connectivity index is 2.21. The van der Waals surface area contributed by atoms with E-state index in [0.29, 0.717) is 6.42 Å². The van der Waals surface area contributed by atoms with Crippen molar-refractivity contribution in [3.8, 4) is 5.75 Å². The summed E-state index contributed by atoms with van der Waals surface area (Å²) in [5.74, 6) is 0.796. The predicted octanol–water partition coefficient (Wildman–Crippen LogP) is 2.67. The van der Waals surface area contributed by atoms with E-state index in [4.69, 9.17) is 4.74 Å². The zero-order valence-electron chi connectivity index (χ0n) is 10.6. The van der Waals surface area contributed by atoms with Crippen LogP contribution in [0.4, 0.5) is 0 Å². The maximum absolute atomic E-state index is 10.3. The van der Waals surface area contributed by atoms with Gasteiger partial charge in [-0.2, -0.15) is 0 Å². The van der Waals surface area contributed by atoms with E-state index in [-0.39, 0.29) is 0 Å². The number of hydrogen-bond acceptors (Lipinski definition) is 3. The molecule has 18 heavy (non-hydrogen) atoms. The third-order valence-electron chi connectivity index (χ3n) is 2.97. The van der Waals surface area contributed by atoms with Crippen molar-refractivity contribution in [3.05, 3.63) is 59.4 Å². The number of aryl methyl sites for hydroxylation is 1. The minimum absolute atomic E-state index is 0.502. The highest BCUT2D eigenvalue weighted by molar-refractivity contribution is 5.34. The second-order valence-corrected chi connectivity index (χ2v) is 4.24. The molecule has 0 aliphatic heterocycles. The quantitative estimate of drug-likeness (QED) is 0.897. The SMILES string of the molecule is COc1ccccc1CC(O)c1ncccc1C. The third-order valence-corrected chi connectivity index (χ3v) is 2.97. The van der Waals surface area contributed by atoms with Crippen molar-refractivity contribution in [1.29, 1.82) is 0 Å². The molecule has 2 rings (SSSR count). The van der Waals surface area contributed by atoms with E-state index in [1.807, 2.05) is 43.3 Å². The minimum atomic E-state index is -0.609. The van der Waals surface area contributed by atoms with Gasteiger partial charge in [-0.15, -0.1) is 0 Å². The van der Waals surface area contributed by atoms with Crippen LogP contribution in [0.25, 0.3) is 0 Å². The van der Waals surface area contributed by atoms with Crippen molar-refractivity contribution >= 4 is 0 Å². The normalized spacial score (nSPS) is 12.2. The summed E-state index contributed by atoms with van der Waals surface area (Å²) in [6, 6.07) is 11.5. The highest BCUT2D eigenvalue weighted by Gasteiger charge is 2.14. The van der Waals surface area contributed by atoms with Crippen molar-refractivity contribution < 1.29 is 9.84 Å². The third kappa shape index (κ3) is 2.68. The summed E-state index contributed by atoms with van der Waals surface area (Å²) in [5.41, 5.74) is 2.71. The van der Waals surface area contributed by atoms with E-state index in [9.17, 15) is 5.11 Å². The molecular weight excluding hydrogens is 226 g/mol. The first-order valence-electron chi connectivity index (χ1n) is 5.94. The molecule has 1 aromatic carbocycles. The van der Waals surface area contributed by atoms with Gasteiger partial charge >= 0.3 is 0 Å². The Morgan fingerprint density at radius 2 is 2.00 bits per heavy atom. The van der Waals surface area contributed by atoms with Crippen LogP contribution in [0.15, 0.2) is 42.6 Å². The molecule has 3 heteroatoms. The highest BCUT2D eigenvalue weighted by Crippen LogP contribution is 2.25. The predicted molar refractivity (Wildman–Crippen MR) is 70.6 cm³/mol. The fourth-order valence-electron chi connectivity index (χ4n) is 2.02. The minimum Gasteiger partial charge on any atom is -0.496 e. The Kier molecular flexibility index (Phi) is 3.95. The van der Waals surface area contributed by atoms with Gasteiger partial charge in [0.05, 0.1) is 12.8 Å². The van der Waals surface area contributed by atoms with Gasteiger partial charge in [-0.05, 0) is 30.2 Å². The molecule has 1 aromatic heterocycles. The lowest BCUT2D eigenvalue weighted by Crippen LogP contribution is -2.07. The molecule has 1 atom stereocenters. The number of ether oxygens (including phenoxy) is 1. The molecular formula is C15H17NO2. The van der Waals surface area contributed by atoms with Gasteiger partial charge in [0.25, 0.3) is 0 Å². The Labute approximate surface area is 107 Å². The summed E-state index contributed by atoms with van der Waals surface area (Å²) >= 11 is 0. The topological polar surface area (TPSA) is 42.4 Å². The van der Waals surface area contributed by atoms with Crippen molar-refractivity contribution in [2.45, 2.75) is 19.4 Å². The van der Waals surface area contributed by atoms with Gasteiger partial charge in [-0.25, -0.2) is 0 Å². The average Bonchev–Trinajstić information content (AvgIpc) is 2.39. The molecule has 2 aromatic rings. The Morgan fingerprint density at radius 1 is 1.22 bits per heavy atom. The van der Waals surface area contributed by atoms with Crippen molar-refractivity contribution in [2.24, 2.45) is 0 Å². The first kappa shape index (κ1) is 12.6. The molecule has 0 aliphatic carbocycles. The van der Waals surface area contributed by atoms with Crippen LogP contribution in [0.2, 0.25) is 0 Å². The molecule has 0 saturated heterocycles. The summed E-state index contributed by atoms with van der Waals surface area (Å²) in [7, 11) is 1.64. The zero-order chi connectivity index (χ0) is 13.0. The van der Waals surface area contributed by atoms with Gasteiger partial charge < -0.3 is 9.84 Å². The molecule has 1 heterocycles. The lowest BCUT2D eigenvalue weighted by molar-refractivity contribution is 0.171. The van der Waals surface area contributed by atoms with E-state index in [1.54, 1.807) is 13.3 Å². The number of pyridine rings is 1. The van der Waals surface area contributed by atoms with Crippen molar-refractivity contribution in [2.75, 3.05) is 7.11 Å². The van der Waals surface area contributed by atoms with Gasteiger partial charge in [0.1, 0.15) is 11.9 Å². The Hall–Kier alpha value is -1.87. The number of rotatable bonds is 4. The Morgan fingerprint density at radius 3 is 2.72 bits per heavy atom. The summed E-state index contributed by atoms with van der Waals surface area (Å²) in [5, 5.41) is 10.3. The van der Waals surface area contributed by atoms with Crippen LogP contribution in [0.3, 0.4) is 0 Å². The van der Waals surface area contributed by atoms with Gasteiger partial charge in [0, 0.05) is 12.6 Å². The molecule has 94 valence electrons. The van der Waals surface area contributed by atoms with Crippen LogP contribution in [-0.2, 0) is 6.42 Å². The van der Waals surface area contributed by atoms with E-state index >= 15 is 0 Å². The molecule has 0 radical (unpaired) electrons. The number of benzene rings is 1. The summed E-state index contributed by atoms with van der Waals surface area (Å²) in [6.07, 6.45) is 1.60. The largest absolute Gasteiger partial charge is 0.496 e. The van der Waals surface area contributed by atoms with Gasteiger partial charge in [-0.3, -0.25) is 4.98 Å². The summed E-state index contributed by atoms with van der Waals surface area (Å²) < 4.78 is 5.28. The molecule has 0 aliphatic rings. The number of aromatic nitrogens is 1. The van der Waals surface area contributed by atoms with Crippen LogP contribution < -0.4 is 4.74 Å². The average molecular weight is 243 g/mol. The van der Waals surface area contributed by atoms with Crippen LogP contribution >= 0.6 is 0 Å². The molecule has 0 bridgehead atoms. The molecule has 3 nitrogen and oxygen atoms in total. The molecule has 1 unspecified atom stereocenters. The zero-order valence-corrected chi connectivity index (χ0v) is 10.6. The Bertz CT molecular complexity index is 525. The maximum Gasteiger partial charge on any atom is 0.122 e. The van der Waals surface area contributed by atoms with Crippen LogP contribution in [0, 0.1) is 6.92 Å². The number of methoxy groups -OCH3 is 1. The van der Waals surface area contributed by atoms with E-state index in [1.165, 1.54) is 0 Å². The second-order valence-electron chi connectivity index (χ2n) is 4.24. The number of para-hydroxylation sites is 1. The maximum atomic E-state index is 10.3. The number of aliphatic hydroxyl groups excluding tert-OH is 1. The van der Waals surface area contributed by atoms with Gasteiger partial charge in [0.15, 0.2) is 0 Å². The number of nitrogens with zero attached hydrogens (tertiary/aromatic N) is 1. The van der Waals surface area contributed by atoms with Crippen molar-refractivity contribution in [3.63, 3.8) is 0 Å². The van der Waals surface area contributed by atoms with E-state index in [2.05, 4.69) is 4.98 Å². The van der Waals surface area contributed by atoms with Crippen LogP contribution in [0.5, 0.6) is 5.75 Å². The molecule has 1 N–H and O–H groups in total. The lowest BCUT2D eigenvalue weighted by atomic mass is 10.0. The summed E-state index contributed by atoms with van der Waals surface area (Å²) in [4.78, 5) is 4.24. The lowest BCUT2D eigenvalue weighted by Gasteiger charge is -2.14. The molecule has 0 saturated carbocycles. The smallest absolute Gasteiger partial charge is 0.122 e. The van der Waals surface area contributed by atoms with Gasteiger partial charge in [-0.1, -0.05) is 24.3 Å². The van der Waals surface area contributed by atoms with E-state index < -0.39 is 6.10 Å². The monoisotopic (exact) mass is 243 g/mol. The first-order valence-corrected chi connectivity index (χ1v) is 5.94. The fourth-order valence-corrected chi connectivity index (χ4v) is 2.02. The van der Waals surface area contributed by atoms with E-state index in [0.717, 1.165) is 22.6 Å². The van der Waals surface area contributed by atoms with Crippen LogP contribution in [-0.4, -0.2) is 17.2 Å². The van der Waals surface area contributed by atoms with Crippen LogP contribution in [0.1, 0.15) is 22.9 Å². The molecule has 0 fully saturated rings. The number of hydrogen-bond donors (Lipinski definition) is 1. The second kappa shape index (κ2) is 5.65. The molecule has 0 spiro atoms. The highest BCUT2D eigenvalue weighted by atomic mass is 16.5. The number of aliphatic hydroxyl groups is 1. The fraction of sp³-hybridized carbons (Fsp3) is 0.267. The molecule has 0 amide bonds. The standard InChI is InChI=1S/C15H17NO2/c1-11-6-5-9-16-15(11)13(17)10-12-7-3-4-8-14(12)18-2/h3-9,13,17H,10H2,1-2H3. The van der Waals surface area contributed by atoms with Gasteiger partial charge in [0.2, 0.25) is 0 Å². The first-order chi connectivity index (χ1) is 8.72. The summed E-state index contributed by atoms with van der Waals surface area (Å²) in [6.45, 7) is 1.95.